The summed E-state index contributed by atoms with van der Waals surface area (Å²) in [5, 5.41) is 12.7. The summed E-state index contributed by atoms with van der Waals surface area (Å²) < 4.78 is 0. The highest BCUT2D eigenvalue weighted by Gasteiger charge is 2.24. The monoisotopic (exact) mass is 237 g/mol. The van der Waals surface area contributed by atoms with Crippen molar-refractivity contribution in [2.75, 3.05) is 12.4 Å². The minimum absolute atomic E-state index is 0.232. The molecule has 1 aliphatic rings. The van der Waals surface area contributed by atoms with Crippen LogP contribution in [-0.2, 0) is 0 Å². The Bertz CT molecular complexity index is 321. The zero-order chi connectivity index (χ0) is 11.4. The Kier molecular flexibility index (Phi) is 4.27. The van der Waals surface area contributed by atoms with Gasteiger partial charge in [-0.1, -0.05) is 17.7 Å². The van der Waals surface area contributed by atoms with Gasteiger partial charge in [-0.2, -0.15) is 0 Å². The van der Waals surface area contributed by atoms with Gasteiger partial charge in [0.25, 0.3) is 0 Å². The fourth-order valence-electron chi connectivity index (χ4n) is 1.57. The van der Waals surface area contributed by atoms with Crippen molar-refractivity contribution >= 4 is 11.8 Å². The highest BCUT2D eigenvalue weighted by Crippen LogP contribution is 2.22. The Morgan fingerprint density at radius 3 is 2.62 bits per heavy atom. The summed E-state index contributed by atoms with van der Waals surface area (Å²) in [6.07, 6.45) is 2.54. The molecule has 1 saturated carbocycles. The van der Waals surface area contributed by atoms with E-state index in [1.165, 1.54) is 23.3 Å². The van der Waals surface area contributed by atoms with Crippen LogP contribution in [0.3, 0.4) is 0 Å². The third-order valence-electron chi connectivity index (χ3n) is 2.74. The van der Waals surface area contributed by atoms with Crippen molar-refractivity contribution in [1.29, 1.82) is 0 Å². The van der Waals surface area contributed by atoms with E-state index in [9.17, 15) is 5.11 Å². The third kappa shape index (κ3) is 3.81. The van der Waals surface area contributed by atoms with Crippen LogP contribution in [0.4, 0.5) is 0 Å². The molecular formula is C13H19NOS. The Hall–Kier alpha value is -0.510. The molecule has 1 unspecified atom stereocenters. The molecule has 0 radical (unpaired) electrons. The summed E-state index contributed by atoms with van der Waals surface area (Å²) in [7, 11) is 0. The summed E-state index contributed by atoms with van der Waals surface area (Å²) in [6.45, 7) is 2.33. The summed E-state index contributed by atoms with van der Waals surface area (Å²) in [5.41, 5.74) is 1.29. The van der Waals surface area contributed by atoms with Crippen molar-refractivity contribution in [2.45, 2.75) is 36.7 Å². The fraction of sp³-hybridized carbons (Fsp3) is 0.538. The molecule has 0 heterocycles. The molecule has 0 spiro atoms. The quantitative estimate of drug-likeness (QED) is 0.744. The molecule has 2 rings (SSSR count). The first kappa shape index (κ1) is 12.0. The Morgan fingerprint density at radius 2 is 2.06 bits per heavy atom. The molecule has 1 aromatic rings. The number of rotatable bonds is 6. The van der Waals surface area contributed by atoms with Gasteiger partial charge in [0.2, 0.25) is 0 Å². The van der Waals surface area contributed by atoms with Crippen molar-refractivity contribution in [3.8, 4) is 0 Å². The van der Waals surface area contributed by atoms with Gasteiger partial charge in [-0.3, -0.25) is 0 Å². The summed E-state index contributed by atoms with van der Waals surface area (Å²) in [6, 6.07) is 9.45. The molecule has 0 amide bonds. The molecule has 3 heteroatoms. The average Bonchev–Trinajstić information content (AvgIpc) is 3.10. The number of aryl methyl sites for hydroxylation is 1. The minimum Gasteiger partial charge on any atom is -0.395 e. The van der Waals surface area contributed by atoms with E-state index < -0.39 is 0 Å². The van der Waals surface area contributed by atoms with Gasteiger partial charge in [0.1, 0.15) is 0 Å². The first-order chi connectivity index (χ1) is 7.78. The number of aliphatic hydroxyl groups is 1. The number of benzene rings is 1. The SMILES string of the molecule is Cc1ccc(SCC(CO)NC2CC2)cc1. The first-order valence-corrected chi connectivity index (χ1v) is 6.83. The van der Waals surface area contributed by atoms with Crippen LogP contribution in [0.25, 0.3) is 0 Å². The van der Waals surface area contributed by atoms with Crippen LogP contribution in [0.5, 0.6) is 0 Å². The highest BCUT2D eigenvalue weighted by atomic mass is 32.2. The predicted octanol–water partition coefficient (Wildman–Crippen LogP) is 2.20. The van der Waals surface area contributed by atoms with E-state index in [0.717, 1.165) is 5.75 Å². The molecule has 1 atom stereocenters. The van der Waals surface area contributed by atoms with E-state index in [4.69, 9.17) is 0 Å². The Morgan fingerprint density at radius 1 is 1.38 bits per heavy atom. The molecule has 0 aliphatic heterocycles. The van der Waals surface area contributed by atoms with Crippen molar-refractivity contribution in [1.82, 2.24) is 5.32 Å². The second kappa shape index (κ2) is 5.71. The molecule has 2 N–H and O–H groups in total. The average molecular weight is 237 g/mol. The van der Waals surface area contributed by atoms with E-state index in [1.807, 2.05) is 11.8 Å². The maximum Gasteiger partial charge on any atom is 0.0592 e. The smallest absolute Gasteiger partial charge is 0.0592 e. The van der Waals surface area contributed by atoms with E-state index in [1.54, 1.807) is 0 Å². The summed E-state index contributed by atoms with van der Waals surface area (Å²) >= 11 is 1.81. The normalized spacial score (nSPS) is 17.4. The lowest BCUT2D eigenvalue weighted by atomic mass is 10.2. The summed E-state index contributed by atoms with van der Waals surface area (Å²) in [5.74, 6) is 0.941. The molecule has 88 valence electrons. The third-order valence-corrected chi connectivity index (χ3v) is 3.92. The van der Waals surface area contributed by atoms with Crippen LogP contribution >= 0.6 is 11.8 Å². The number of hydrogen-bond acceptors (Lipinski definition) is 3. The highest BCUT2D eigenvalue weighted by molar-refractivity contribution is 7.99. The van der Waals surface area contributed by atoms with Crippen LogP contribution in [0.2, 0.25) is 0 Å². The van der Waals surface area contributed by atoms with E-state index in [2.05, 4.69) is 36.5 Å². The van der Waals surface area contributed by atoms with Gasteiger partial charge in [0.15, 0.2) is 0 Å². The van der Waals surface area contributed by atoms with Crippen LogP contribution in [0.15, 0.2) is 29.2 Å². The fourth-order valence-corrected chi connectivity index (χ4v) is 2.49. The number of thioether (sulfide) groups is 1. The van der Waals surface area contributed by atoms with Crippen molar-refractivity contribution < 1.29 is 5.11 Å². The zero-order valence-electron chi connectivity index (χ0n) is 9.65. The number of nitrogens with one attached hydrogen (secondary N) is 1. The van der Waals surface area contributed by atoms with E-state index in [0.29, 0.717) is 6.04 Å². The number of hydrogen-bond donors (Lipinski definition) is 2. The molecule has 1 aromatic carbocycles. The lowest BCUT2D eigenvalue weighted by Crippen LogP contribution is -2.36. The van der Waals surface area contributed by atoms with Crippen LogP contribution in [-0.4, -0.2) is 29.5 Å². The van der Waals surface area contributed by atoms with Gasteiger partial charge >= 0.3 is 0 Å². The lowest BCUT2D eigenvalue weighted by Gasteiger charge is -2.15. The largest absolute Gasteiger partial charge is 0.395 e. The lowest BCUT2D eigenvalue weighted by molar-refractivity contribution is 0.253. The van der Waals surface area contributed by atoms with Crippen LogP contribution in [0.1, 0.15) is 18.4 Å². The second-order valence-electron chi connectivity index (χ2n) is 4.44. The molecule has 1 fully saturated rings. The van der Waals surface area contributed by atoms with Gasteiger partial charge in [0, 0.05) is 22.7 Å². The maximum absolute atomic E-state index is 9.25. The molecule has 0 saturated heterocycles. The topological polar surface area (TPSA) is 32.3 Å². The van der Waals surface area contributed by atoms with Gasteiger partial charge in [-0.05, 0) is 31.9 Å². The second-order valence-corrected chi connectivity index (χ2v) is 5.54. The molecule has 16 heavy (non-hydrogen) atoms. The Labute approximate surface area is 101 Å². The standard InChI is InChI=1S/C13H19NOS/c1-10-2-6-13(7-3-10)16-9-12(8-15)14-11-4-5-11/h2-3,6-7,11-12,14-15H,4-5,8-9H2,1H3. The number of aliphatic hydroxyl groups excluding tert-OH is 1. The first-order valence-electron chi connectivity index (χ1n) is 5.84. The maximum atomic E-state index is 9.25. The van der Waals surface area contributed by atoms with Gasteiger partial charge in [-0.15, -0.1) is 11.8 Å². The van der Waals surface area contributed by atoms with Crippen molar-refractivity contribution in [3.05, 3.63) is 29.8 Å². The van der Waals surface area contributed by atoms with E-state index in [-0.39, 0.29) is 12.6 Å². The summed E-state index contributed by atoms with van der Waals surface area (Å²) in [4.78, 5) is 1.28. The van der Waals surface area contributed by atoms with Crippen LogP contribution in [0, 0.1) is 6.92 Å². The zero-order valence-corrected chi connectivity index (χ0v) is 10.5. The minimum atomic E-state index is 0.232. The van der Waals surface area contributed by atoms with Crippen molar-refractivity contribution in [2.24, 2.45) is 0 Å². The van der Waals surface area contributed by atoms with Crippen LogP contribution < -0.4 is 5.32 Å². The molecule has 0 bridgehead atoms. The van der Waals surface area contributed by atoms with E-state index >= 15 is 0 Å². The molecular weight excluding hydrogens is 218 g/mol. The molecule has 1 aliphatic carbocycles. The Balaban J connectivity index is 1.77. The van der Waals surface area contributed by atoms with Gasteiger partial charge < -0.3 is 10.4 Å². The predicted molar refractivity (Wildman–Crippen MR) is 68.9 cm³/mol. The molecule has 2 nitrogen and oxygen atoms in total. The van der Waals surface area contributed by atoms with Crippen molar-refractivity contribution in [3.63, 3.8) is 0 Å². The van der Waals surface area contributed by atoms with Gasteiger partial charge in [-0.25, -0.2) is 0 Å². The van der Waals surface area contributed by atoms with Gasteiger partial charge in [0.05, 0.1) is 6.61 Å². The molecule has 0 aromatic heterocycles.